The normalized spacial score (nSPS) is 13.5. The van der Waals surface area contributed by atoms with E-state index in [0.29, 0.717) is 18.8 Å². The van der Waals surface area contributed by atoms with Gasteiger partial charge < -0.3 is 14.2 Å². The molecule has 0 amide bonds. The molecular formula is C22H32O4. The zero-order chi connectivity index (χ0) is 19.0. The minimum Gasteiger partial charge on any atom is -0.458 e. The third-order valence-corrected chi connectivity index (χ3v) is 3.82. The maximum atomic E-state index is 11.9. The Morgan fingerprint density at radius 1 is 1.04 bits per heavy atom. The summed E-state index contributed by atoms with van der Waals surface area (Å²) in [5, 5.41) is 0. The average molecular weight is 360 g/mol. The molecule has 0 heterocycles. The summed E-state index contributed by atoms with van der Waals surface area (Å²) in [4.78, 5) is 11.9. The highest BCUT2D eigenvalue weighted by molar-refractivity contribution is 5.89. The Balaban J connectivity index is 2.54. The topological polar surface area (TPSA) is 44.8 Å². The quantitative estimate of drug-likeness (QED) is 0.267. The highest BCUT2D eigenvalue weighted by Gasteiger charge is 2.17. The van der Waals surface area contributed by atoms with Crippen molar-refractivity contribution < 1.29 is 19.0 Å². The number of ether oxygens (including phenoxy) is 3. The summed E-state index contributed by atoms with van der Waals surface area (Å²) in [7, 11) is 0. The largest absolute Gasteiger partial charge is 0.458 e. The Morgan fingerprint density at radius 2 is 1.65 bits per heavy atom. The molecule has 0 saturated carbocycles. The minimum absolute atomic E-state index is 0.195. The number of unbranched alkanes of at least 4 members (excludes halogenated alkanes) is 2. The maximum Gasteiger partial charge on any atom is 0.338 e. The Hall–Kier alpha value is -1.91. The maximum absolute atomic E-state index is 11.9. The van der Waals surface area contributed by atoms with Crippen LogP contribution < -0.4 is 0 Å². The molecule has 1 aromatic rings. The monoisotopic (exact) mass is 360 g/mol. The lowest BCUT2D eigenvalue weighted by Crippen LogP contribution is -2.29. The lowest BCUT2D eigenvalue weighted by molar-refractivity contribution is -0.0305. The van der Waals surface area contributed by atoms with Crippen LogP contribution >= 0.6 is 0 Å². The molecule has 0 bridgehead atoms. The minimum atomic E-state index is -0.335. The fourth-order valence-electron chi connectivity index (χ4n) is 2.26. The molecule has 2 atom stereocenters. The molecule has 0 N–H and O–H groups in total. The van der Waals surface area contributed by atoms with Crippen molar-refractivity contribution in [3.05, 3.63) is 60.7 Å². The first-order valence-electron chi connectivity index (χ1n) is 9.47. The van der Waals surface area contributed by atoms with Gasteiger partial charge in [0.25, 0.3) is 0 Å². The van der Waals surface area contributed by atoms with Crippen LogP contribution in [-0.2, 0) is 14.2 Å². The Bertz CT molecular complexity index is 524. The molecule has 26 heavy (non-hydrogen) atoms. The van der Waals surface area contributed by atoms with Gasteiger partial charge in [-0.25, -0.2) is 4.79 Å². The van der Waals surface area contributed by atoms with E-state index in [4.69, 9.17) is 14.2 Å². The average Bonchev–Trinajstić information content (AvgIpc) is 2.68. The molecule has 1 rings (SSSR count). The van der Waals surface area contributed by atoms with Crippen molar-refractivity contribution in [2.24, 2.45) is 0 Å². The summed E-state index contributed by atoms with van der Waals surface area (Å²) in [6.07, 6.45) is 9.18. The molecule has 0 unspecified atom stereocenters. The molecule has 0 spiro atoms. The van der Waals surface area contributed by atoms with Crippen LogP contribution in [0.15, 0.2) is 55.1 Å². The predicted molar refractivity (Wildman–Crippen MR) is 105 cm³/mol. The van der Waals surface area contributed by atoms with Crippen molar-refractivity contribution >= 4 is 5.97 Å². The van der Waals surface area contributed by atoms with Gasteiger partial charge in [-0.05, 0) is 31.1 Å². The second kappa shape index (κ2) is 14.3. The Labute approximate surface area is 157 Å². The van der Waals surface area contributed by atoms with Crippen LogP contribution in [0.4, 0.5) is 0 Å². The van der Waals surface area contributed by atoms with Gasteiger partial charge in [0, 0.05) is 13.2 Å². The number of esters is 1. The molecule has 144 valence electrons. The predicted octanol–water partition coefficient (Wildman–Crippen LogP) is 4.96. The van der Waals surface area contributed by atoms with Crippen molar-refractivity contribution in [2.45, 2.75) is 51.7 Å². The van der Waals surface area contributed by atoms with Crippen LogP contribution in [0.1, 0.15) is 49.9 Å². The van der Waals surface area contributed by atoms with E-state index in [1.165, 1.54) is 0 Å². The van der Waals surface area contributed by atoms with Crippen molar-refractivity contribution in [3.8, 4) is 0 Å². The third-order valence-electron chi connectivity index (χ3n) is 3.82. The van der Waals surface area contributed by atoms with Crippen LogP contribution in [0.5, 0.6) is 0 Å². The van der Waals surface area contributed by atoms with Gasteiger partial charge in [0.1, 0.15) is 18.8 Å². The first-order valence-corrected chi connectivity index (χ1v) is 9.47. The second-order valence-corrected chi connectivity index (χ2v) is 6.01. The van der Waals surface area contributed by atoms with Crippen LogP contribution in [-0.4, -0.2) is 38.0 Å². The fraction of sp³-hybridized carbons (Fsp3) is 0.500. The first-order chi connectivity index (χ1) is 12.7. The number of hydrogen-bond donors (Lipinski definition) is 0. The first kappa shape index (κ1) is 22.1. The summed E-state index contributed by atoms with van der Waals surface area (Å²) in [6, 6.07) is 8.96. The molecule has 4 heteroatoms. The summed E-state index contributed by atoms with van der Waals surface area (Å²) in [5.74, 6) is -0.335. The van der Waals surface area contributed by atoms with E-state index in [0.717, 1.165) is 25.7 Å². The second-order valence-electron chi connectivity index (χ2n) is 6.01. The van der Waals surface area contributed by atoms with Crippen molar-refractivity contribution in [3.63, 3.8) is 0 Å². The lowest BCUT2D eigenvalue weighted by Gasteiger charge is -2.22. The summed E-state index contributed by atoms with van der Waals surface area (Å²) in [5.41, 5.74) is 0.545. The van der Waals surface area contributed by atoms with E-state index in [1.54, 1.807) is 24.3 Å². The SMILES string of the molecule is C=C[C@H](OCCCC)[C@@H](/C=C\COC(=O)c1ccccc1)OCCCC. The number of benzene rings is 1. The van der Waals surface area contributed by atoms with Crippen molar-refractivity contribution in [1.82, 2.24) is 0 Å². The zero-order valence-corrected chi connectivity index (χ0v) is 16.1. The molecule has 0 radical (unpaired) electrons. The fourth-order valence-corrected chi connectivity index (χ4v) is 2.26. The number of carbonyl (C=O) groups is 1. The molecule has 0 saturated heterocycles. The molecule has 0 aliphatic heterocycles. The molecule has 4 nitrogen and oxygen atoms in total. The Morgan fingerprint density at radius 3 is 2.23 bits per heavy atom. The van der Waals surface area contributed by atoms with E-state index < -0.39 is 0 Å². The number of rotatable bonds is 14. The van der Waals surface area contributed by atoms with E-state index in [2.05, 4.69) is 20.4 Å². The lowest BCUT2D eigenvalue weighted by atomic mass is 10.1. The van der Waals surface area contributed by atoms with Gasteiger partial charge >= 0.3 is 5.97 Å². The molecule has 0 aliphatic rings. The van der Waals surface area contributed by atoms with Gasteiger partial charge in [0.2, 0.25) is 0 Å². The van der Waals surface area contributed by atoms with Gasteiger partial charge in [0.15, 0.2) is 0 Å². The van der Waals surface area contributed by atoms with Gasteiger partial charge in [-0.1, -0.05) is 57.0 Å². The zero-order valence-electron chi connectivity index (χ0n) is 16.1. The molecule has 0 fully saturated rings. The van der Waals surface area contributed by atoms with Crippen LogP contribution in [0, 0.1) is 0 Å². The van der Waals surface area contributed by atoms with Crippen molar-refractivity contribution in [2.75, 3.05) is 19.8 Å². The molecule has 0 aliphatic carbocycles. The third kappa shape index (κ3) is 8.97. The highest BCUT2D eigenvalue weighted by atomic mass is 16.5. The Kier molecular flexibility index (Phi) is 12.2. The summed E-state index contributed by atoms with van der Waals surface area (Å²) >= 11 is 0. The van der Waals surface area contributed by atoms with Crippen LogP contribution in [0.3, 0.4) is 0 Å². The van der Waals surface area contributed by atoms with E-state index in [-0.39, 0.29) is 24.8 Å². The molecular weight excluding hydrogens is 328 g/mol. The van der Waals surface area contributed by atoms with E-state index >= 15 is 0 Å². The van der Waals surface area contributed by atoms with Gasteiger partial charge in [-0.2, -0.15) is 0 Å². The van der Waals surface area contributed by atoms with Gasteiger partial charge in [0.05, 0.1) is 5.56 Å². The van der Waals surface area contributed by atoms with E-state index in [9.17, 15) is 4.79 Å². The smallest absolute Gasteiger partial charge is 0.338 e. The van der Waals surface area contributed by atoms with Gasteiger partial charge in [-0.3, -0.25) is 0 Å². The number of hydrogen-bond acceptors (Lipinski definition) is 4. The molecule has 1 aromatic carbocycles. The summed E-state index contributed by atoms with van der Waals surface area (Å²) < 4.78 is 17.1. The van der Waals surface area contributed by atoms with E-state index in [1.807, 2.05) is 24.3 Å². The van der Waals surface area contributed by atoms with Crippen LogP contribution in [0.25, 0.3) is 0 Å². The summed E-state index contributed by atoms with van der Waals surface area (Å²) in [6.45, 7) is 9.65. The number of carbonyl (C=O) groups excluding carboxylic acids is 1. The highest BCUT2D eigenvalue weighted by Crippen LogP contribution is 2.10. The van der Waals surface area contributed by atoms with Crippen LogP contribution in [0.2, 0.25) is 0 Å². The van der Waals surface area contributed by atoms with Gasteiger partial charge in [-0.15, -0.1) is 6.58 Å². The molecule has 0 aromatic heterocycles. The standard InChI is InChI=1S/C22H32O4/c1-4-7-16-24-20(6-3)21(25-17-8-5-2)15-12-18-26-22(23)19-13-10-9-11-14-19/h6,9-15,20-21H,3-5,7-8,16-18H2,1-2H3/b15-12-/t20-,21+/m0/s1. The van der Waals surface area contributed by atoms with Crippen molar-refractivity contribution in [1.29, 1.82) is 0 Å².